The number of unbranched alkanes of at least 4 members (excludes halogenated alkanes) is 7. The molecule has 0 saturated carbocycles. The first-order valence-corrected chi connectivity index (χ1v) is 10.9. The van der Waals surface area contributed by atoms with E-state index in [2.05, 4.69) is 6.92 Å². The third-order valence-electron chi connectivity index (χ3n) is 2.98. The molecule has 0 aromatic heterocycles. The van der Waals surface area contributed by atoms with Gasteiger partial charge in [0.05, 0.1) is 0 Å². The van der Waals surface area contributed by atoms with Crippen LogP contribution in [0.3, 0.4) is 0 Å². The summed E-state index contributed by atoms with van der Waals surface area (Å²) in [5.41, 5.74) is -0.704. The summed E-state index contributed by atoms with van der Waals surface area (Å²) in [4.78, 5) is 11.0. The van der Waals surface area contributed by atoms with Crippen LogP contribution in [0.4, 0.5) is 4.79 Å². The van der Waals surface area contributed by atoms with Gasteiger partial charge >= 0.3 is 0 Å². The molecule has 0 bridgehead atoms. The van der Waals surface area contributed by atoms with Crippen molar-refractivity contribution in [3.8, 4) is 0 Å². The molecule has 1 N–H and O–H groups in total. The molecular weight excluding hydrogens is 346 g/mol. The van der Waals surface area contributed by atoms with Crippen LogP contribution in [0, 0.1) is 0 Å². The summed E-state index contributed by atoms with van der Waals surface area (Å²) in [6.45, 7) is 2.22. The molecule has 0 amide bonds. The van der Waals surface area contributed by atoms with Gasteiger partial charge < -0.3 is 13.3 Å². The van der Waals surface area contributed by atoms with Gasteiger partial charge in [0.1, 0.15) is 10.5 Å². The van der Waals surface area contributed by atoms with E-state index in [0.717, 1.165) is 18.9 Å². The molecule has 0 aliphatic rings. The smallest absolute Gasteiger partial charge is 0.296 e. The SMILES string of the molecule is CCCCCCCCCC[SiH](O[SiH2]O[SiH3])C(=O)O.[Zn]. The monoisotopic (exact) mass is 372 g/mol. The zero-order chi connectivity index (χ0) is 13.6. The normalized spacial score (nSPS) is 12.7. The average molecular weight is 374 g/mol. The molecule has 0 heterocycles. The number of hydrogen-bond acceptors (Lipinski definition) is 3. The van der Waals surface area contributed by atoms with Crippen LogP contribution in [0.25, 0.3) is 0 Å². The van der Waals surface area contributed by atoms with E-state index in [4.69, 9.17) is 13.3 Å². The third-order valence-corrected chi connectivity index (χ3v) is 7.56. The largest absolute Gasteiger partial charge is 0.484 e. The molecule has 0 aromatic rings. The van der Waals surface area contributed by atoms with Crippen molar-refractivity contribution >= 4 is 35.1 Å². The Kier molecular flexibility index (Phi) is 19.3. The maximum absolute atomic E-state index is 11.0. The van der Waals surface area contributed by atoms with Crippen molar-refractivity contribution in [2.45, 2.75) is 64.3 Å². The Hall–Kier alpha value is 0.664. The molecule has 8 heteroatoms. The van der Waals surface area contributed by atoms with Gasteiger partial charge in [-0.1, -0.05) is 58.3 Å². The fourth-order valence-corrected chi connectivity index (χ4v) is 6.46. The van der Waals surface area contributed by atoms with E-state index in [1.807, 2.05) is 0 Å². The zero-order valence-corrected chi connectivity index (χ0v) is 20.1. The van der Waals surface area contributed by atoms with Gasteiger partial charge in [-0.05, 0) is 6.04 Å². The second-order valence-corrected chi connectivity index (χ2v) is 10.6. The minimum atomic E-state index is -2.02. The Morgan fingerprint density at radius 3 is 2.16 bits per heavy atom. The van der Waals surface area contributed by atoms with Crippen molar-refractivity contribution in [1.29, 1.82) is 0 Å². The summed E-state index contributed by atoms with van der Waals surface area (Å²) < 4.78 is 10.4. The van der Waals surface area contributed by atoms with Crippen molar-refractivity contribution in [1.82, 2.24) is 0 Å². The fourth-order valence-electron chi connectivity index (χ4n) is 1.89. The van der Waals surface area contributed by atoms with E-state index in [9.17, 15) is 4.79 Å². The minimum Gasteiger partial charge on any atom is -0.484 e. The van der Waals surface area contributed by atoms with Crippen LogP contribution in [-0.4, -0.2) is 40.2 Å². The van der Waals surface area contributed by atoms with Crippen LogP contribution in [0.1, 0.15) is 58.3 Å². The van der Waals surface area contributed by atoms with Crippen LogP contribution in [-0.2, 0) is 27.7 Å². The average Bonchev–Trinajstić information content (AvgIpc) is 2.35. The van der Waals surface area contributed by atoms with Gasteiger partial charge in [-0.15, -0.1) is 0 Å². The van der Waals surface area contributed by atoms with Gasteiger partial charge in [0, 0.05) is 19.5 Å². The first-order chi connectivity index (χ1) is 8.72. The molecule has 110 valence electrons. The molecular formula is C11H28O4Si3Zn. The summed E-state index contributed by atoms with van der Waals surface area (Å²) in [5, 5.41) is 9.01. The zero-order valence-electron chi connectivity index (χ0n) is 12.5. The summed E-state index contributed by atoms with van der Waals surface area (Å²) in [7, 11) is -2.34. The minimum absolute atomic E-state index is 0. The molecule has 1 atom stereocenters. The quantitative estimate of drug-likeness (QED) is 0.392. The van der Waals surface area contributed by atoms with Crippen molar-refractivity contribution < 1.29 is 37.6 Å². The topological polar surface area (TPSA) is 55.8 Å². The molecule has 0 aliphatic carbocycles. The Morgan fingerprint density at radius 2 is 1.68 bits per heavy atom. The van der Waals surface area contributed by atoms with Gasteiger partial charge in [-0.3, -0.25) is 4.79 Å². The van der Waals surface area contributed by atoms with Gasteiger partial charge in [-0.25, -0.2) is 0 Å². The standard InChI is InChI=1S/C11H28O4Si3.Zn/c1-2-3-4-5-6-7-8-9-10-18(11(12)13)15-17-14-16;/h18H,2-10,17H2,1,16H3,(H,12,13);. The van der Waals surface area contributed by atoms with Crippen molar-refractivity contribution in [3.05, 3.63) is 0 Å². The van der Waals surface area contributed by atoms with E-state index in [1.165, 1.54) is 38.5 Å². The maximum atomic E-state index is 11.0. The van der Waals surface area contributed by atoms with Crippen LogP contribution >= 0.6 is 0 Å². The van der Waals surface area contributed by atoms with E-state index in [-0.39, 0.29) is 19.5 Å². The van der Waals surface area contributed by atoms with E-state index in [1.54, 1.807) is 0 Å². The van der Waals surface area contributed by atoms with Gasteiger partial charge in [0.25, 0.3) is 24.6 Å². The maximum Gasteiger partial charge on any atom is 0.296 e. The molecule has 0 spiro atoms. The van der Waals surface area contributed by atoms with E-state index < -0.39 is 24.6 Å². The van der Waals surface area contributed by atoms with Gasteiger partial charge in [0.15, 0.2) is 0 Å². The van der Waals surface area contributed by atoms with Crippen molar-refractivity contribution in [2.24, 2.45) is 0 Å². The van der Waals surface area contributed by atoms with E-state index in [0.29, 0.717) is 10.5 Å². The van der Waals surface area contributed by atoms with Crippen molar-refractivity contribution in [2.75, 3.05) is 0 Å². The van der Waals surface area contributed by atoms with Crippen LogP contribution in [0.5, 0.6) is 0 Å². The summed E-state index contributed by atoms with van der Waals surface area (Å²) in [5.74, 6) is 0. The van der Waals surface area contributed by atoms with Gasteiger partial charge in [0.2, 0.25) is 0 Å². The van der Waals surface area contributed by atoms with E-state index >= 15 is 0 Å². The predicted octanol–water partition coefficient (Wildman–Crippen LogP) is 1.42. The summed E-state index contributed by atoms with van der Waals surface area (Å²) >= 11 is 0. The van der Waals surface area contributed by atoms with Crippen molar-refractivity contribution in [3.63, 3.8) is 0 Å². The Bertz CT molecular complexity index is 210. The molecule has 0 saturated heterocycles. The number of hydrogen-bond donors (Lipinski definition) is 1. The first kappa shape index (κ1) is 22.0. The molecule has 0 aliphatic heterocycles. The number of carbonyl (C=O) groups is 1. The molecule has 0 aromatic carbocycles. The van der Waals surface area contributed by atoms with Gasteiger partial charge in [-0.2, -0.15) is 0 Å². The van der Waals surface area contributed by atoms with Crippen LogP contribution in [0.15, 0.2) is 0 Å². The summed E-state index contributed by atoms with van der Waals surface area (Å²) in [6, 6.07) is 0.766. The molecule has 4 nitrogen and oxygen atoms in total. The Morgan fingerprint density at radius 1 is 1.16 bits per heavy atom. The second-order valence-electron chi connectivity index (χ2n) is 4.66. The molecule has 0 fully saturated rings. The first-order valence-electron chi connectivity index (χ1n) is 7.05. The predicted molar refractivity (Wildman–Crippen MR) is 83.2 cm³/mol. The molecule has 1 unspecified atom stereocenters. The second kappa shape index (κ2) is 16.7. The summed E-state index contributed by atoms with van der Waals surface area (Å²) in [6.07, 6.45) is 9.97. The Balaban J connectivity index is 0. The van der Waals surface area contributed by atoms with Crippen LogP contribution < -0.4 is 0 Å². The molecule has 0 rings (SSSR count). The molecule has 0 radical (unpaired) electrons. The Labute approximate surface area is 137 Å². The number of rotatable bonds is 13. The number of carboxylic acid groups (broad SMARTS) is 1. The fraction of sp³-hybridized carbons (Fsp3) is 0.909. The molecule has 19 heavy (non-hydrogen) atoms. The third kappa shape index (κ3) is 14.9. The van der Waals surface area contributed by atoms with Crippen LogP contribution in [0.2, 0.25) is 6.04 Å².